The topological polar surface area (TPSA) is 149 Å². The summed E-state index contributed by atoms with van der Waals surface area (Å²) in [6.45, 7) is 16.6. The predicted molar refractivity (Wildman–Crippen MR) is 173 cm³/mol. The van der Waals surface area contributed by atoms with Gasteiger partial charge in [-0.25, -0.2) is 9.78 Å². The Labute approximate surface area is 255 Å². The van der Waals surface area contributed by atoms with Gasteiger partial charge in [0.1, 0.15) is 24.1 Å². The number of rotatable bonds is 15. The first kappa shape index (κ1) is 35.3. The zero-order chi connectivity index (χ0) is 32.4. The maximum absolute atomic E-state index is 13.4. The first-order valence-corrected chi connectivity index (χ1v) is 18.0. The van der Waals surface area contributed by atoms with Gasteiger partial charge in [0.25, 0.3) is 0 Å². The summed E-state index contributed by atoms with van der Waals surface area (Å²) in [6.07, 6.45) is 6.28. The highest BCUT2D eigenvalue weighted by Gasteiger charge is 2.31. The van der Waals surface area contributed by atoms with Crippen LogP contribution in [0.2, 0.25) is 25.7 Å². The Morgan fingerprint density at radius 3 is 2.53 bits per heavy atom. The summed E-state index contributed by atoms with van der Waals surface area (Å²) in [6, 6.07) is 5.88. The highest BCUT2D eigenvalue weighted by Crippen LogP contribution is 2.34. The van der Waals surface area contributed by atoms with Crippen molar-refractivity contribution in [1.29, 1.82) is 0 Å². The molecule has 236 valence electrons. The van der Waals surface area contributed by atoms with E-state index in [1.54, 1.807) is 61.9 Å². The van der Waals surface area contributed by atoms with E-state index in [0.29, 0.717) is 41.5 Å². The van der Waals surface area contributed by atoms with Crippen molar-refractivity contribution in [2.24, 2.45) is 5.73 Å². The van der Waals surface area contributed by atoms with Gasteiger partial charge < -0.3 is 30.2 Å². The molecule has 1 aromatic heterocycles. The largest absolute Gasteiger partial charge is 0.465 e. The number of nitrogens with one attached hydrogen (secondary N) is 1. The van der Waals surface area contributed by atoms with Crippen molar-refractivity contribution in [3.8, 4) is 11.3 Å². The van der Waals surface area contributed by atoms with Gasteiger partial charge >= 0.3 is 12.1 Å². The van der Waals surface area contributed by atoms with E-state index in [1.165, 1.54) is 13.2 Å². The van der Waals surface area contributed by atoms with E-state index in [4.69, 9.17) is 20.2 Å². The lowest BCUT2D eigenvalue weighted by Crippen LogP contribution is -2.29. The number of amides is 2. The number of ether oxygens (including phenoxy) is 2. The number of benzene rings is 1. The average Bonchev–Trinajstić information content (AvgIpc) is 3.31. The van der Waals surface area contributed by atoms with Crippen molar-refractivity contribution in [1.82, 2.24) is 9.55 Å². The van der Waals surface area contributed by atoms with Crippen LogP contribution in [0.25, 0.3) is 11.3 Å². The van der Waals surface area contributed by atoms with Gasteiger partial charge in [0.05, 0.1) is 11.4 Å². The Hall–Kier alpha value is -3.90. The lowest BCUT2D eigenvalue weighted by molar-refractivity contribution is -0.157. The summed E-state index contributed by atoms with van der Waals surface area (Å²) in [5, 5.41) is 12.4. The van der Waals surface area contributed by atoms with Gasteiger partial charge in [-0.1, -0.05) is 31.8 Å². The van der Waals surface area contributed by atoms with E-state index < -0.39 is 31.7 Å². The second-order valence-corrected chi connectivity index (χ2v) is 18.1. The molecule has 1 aromatic carbocycles. The Balaban J connectivity index is 2.66. The fourth-order valence-electron chi connectivity index (χ4n) is 4.00. The van der Waals surface area contributed by atoms with Gasteiger partial charge in [0.15, 0.2) is 0 Å². The average molecular weight is 614 g/mol. The fraction of sp³-hybridized carbons (Fsp3) is 0.484. The standard InChI is InChI=1S/C31H47N5O6Si/c1-9-10-13-27(37)33-25-19-22(35(5)30(39)40)14-15-23(25)26-20-36(21-41-17-18-43(6,7)8)28(34-26)24(12-11-16-32)29(38)42-31(2,3)4/h9,11,14-16,19-20,24H,1,10,12-13,17-18,21,32H2,2-8H3,(H,33,37)(H,39,40)/t24-/m0/s1. The van der Waals surface area contributed by atoms with Gasteiger partial charge in [0.2, 0.25) is 5.91 Å². The number of aromatic nitrogens is 2. The zero-order valence-electron chi connectivity index (χ0n) is 26.5. The minimum absolute atomic E-state index is 0.152. The van der Waals surface area contributed by atoms with Crippen LogP contribution >= 0.6 is 0 Å². The number of carboxylic acid groups (broad SMARTS) is 1. The summed E-state index contributed by atoms with van der Waals surface area (Å²) in [4.78, 5) is 43.7. The summed E-state index contributed by atoms with van der Waals surface area (Å²) < 4.78 is 13.6. The third-order valence-electron chi connectivity index (χ3n) is 6.35. The van der Waals surface area contributed by atoms with E-state index in [0.717, 1.165) is 10.9 Å². The highest BCUT2D eigenvalue weighted by molar-refractivity contribution is 6.76. The molecule has 2 aromatic rings. The smallest absolute Gasteiger partial charge is 0.411 e. The zero-order valence-corrected chi connectivity index (χ0v) is 27.5. The molecule has 0 aliphatic carbocycles. The van der Waals surface area contributed by atoms with Crippen LogP contribution < -0.4 is 16.0 Å². The molecule has 0 aliphatic heterocycles. The Kier molecular flexibility index (Phi) is 12.7. The summed E-state index contributed by atoms with van der Waals surface area (Å²) in [7, 11) is 0.0828. The highest BCUT2D eigenvalue weighted by atomic mass is 28.3. The molecule has 0 saturated heterocycles. The Bertz CT molecular complexity index is 1310. The molecule has 2 rings (SSSR count). The molecule has 0 bridgehead atoms. The molecule has 12 heteroatoms. The first-order valence-electron chi connectivity index (χ1n) is 14.3. The Morgan fingerprint density at radius 2 is 1.95 bits per heavy atom. The van der Waals surface area contributed by atoms with Gasteiger partial charge in [-0.3, -0.25) is 14.5 Å². The van der Waals surface area contributed by atoms with E-state index in [9.17, 15) is 19.5 Å². The summed E-state index contributed by atoms with van der Waals surface area (Å²) in [5.41, 5.74) is 6.69. The molecular formula is C31H47N5O6Si. The Morgan fingerprint density at radius 1 is 1.26 bits per heavy atom. The number of carbonyl (C=O) groups is 3. The second-order valence-electron chi connectivity index (χ2n) is 12.5. The molecule has 4 N–H and O–H groups in total. The van der Waals surface area contributed by atoms with Crippen LogP contribution in [-0.4, -0.2) is 60.0 Å². The molecular weight excluding hydrogens is 566 g/mol. The van der Waals surface area contributed by atoms with E-state index in [2.05, 4.69) is 31.5 Å². The third kappa shape index (κ3) is 11.4. The normalized spacial score (nSPS) is 12.6. The van der Waals surface area contributed by atoms with Crippen LogP contribution in [0.15, 0.2) is 49.3 Å². The van der Waals surface area contributed by atoms with Crippen LogP contribution in [0, 0.1) is 0 Å². The number of nitrogens with zero attached hydrogens (tertiary/aromatic N) is 3. The molecule has 0 aliphatic rings. The summed E-state index contributed by atoms with van der Waals surface area (Å²) >= 11 is 0. The van der Waals surface area contributed by atoms with E-state index in [-0.39, 0.29) is 25.5 Å². The van der Waals surface area contributed by atoms with Crippen molar-refractivity contribution >= 4 is 37.4 Å². The SMILES string of the molecule is C=CCCC(=O)Nc1cc(N(C)C(=O)O)ccc1-c1cn(COCC[Si](C)(C)C)c([C@H](CC=CN)C(=O)OC(C)(C)C)n1. The fourth-order valence-corrected chi connectivity index (χ4v) is 4.76. The van der Waals surface area contributed by atoms with Crippen molar-refractivity contribution in [2.75, 3.05) is 23.9 Å². The van der Waals surface area contributed by atoms with Crippen LogP contribution in [0.1, 0.15) is 51.8 Å². The lowest BCUT2D eigenvalue weighted by Gasteiger charge is -2.24. The molecule has 0 spiro atoms. The van der Waals surface area contributed by atoms with Gasteiger partial charge in [-0.2, -0.15) is 0 Å². The number of hydrogen-bond acceptors (Lipinski definition) is 7. The molecule has 0 fully saturated rings. The second kappa shape index (κ2) is 15.5. The first-order chi connectivity index (χ1) is 20.1. The molecule has 1 atom stereocenters. The van der Waals surface area contributed by atoms with Crippen molar-refractivity contribution in [3.63, 3.8) is 0 Å². The lowest BCUT2D eigenvalue weighted by atomic mass is 10.0. The number of allylic oxidation sites excluding steroid dienone is 2. The molecule has 2 amide bonds. The molecule has 11 nitrogen and oxygen atoms in total. The number of esters is 1. The number of nitrogens with two attached hydrogens (primary N) is 1. The van der Waals surface area contributed by atoms with Crippen LogP contribution in [0.3, 0.4) is 0 Å². The maximum atomic E-state index is 13.4. The molecule has 0 radical (unpaired) electrons. The number of anilines is 2. The molecule has 1 heterocycles. The van der Waals surface area contributed by atoms with Crippen molar-refractivity contribution in [2.45, 2.75) is 84.0 Å². The quantitative estimate of drug-likeness (QED) is 0.0935. The molecule has 0 saturated carbocycles. The minimum Gasteiger partial charge on any atom is -0.465 e. The van der Waals surface area contributed by atoms with E-state index in [1.807, 2.05) is 0 Å². The van der Waals surface area contributed by atoms with Gasteiger partial charge in [-0.15, -0.1) is 6.58 Å². The summed E-state index contributed by atoms with van der Waals surface area (Å²) in [5.74, 6) is -1.07. The van der Waals surface area contributed by atoms with E-state index >= 15 is 0 Å². The molecule has 0 unspecified atom stereocenters. The van der Waals surface area contributed by atoms with Crippen LogP contribution in [0.5, 0.6) is 0 Å². The van der Waals surface area contributed by atoms with Gasteiger partial charge in [0, 0.05) is 45.6 Å². The maximum Gasteiger partial charge on any atom is 0.411 e. The van der Waals surface area contributed by atoms with Crippen LogP contribution in [-0.2, 0) is 25.8 Å². The van der Waals surface area contributed by atoms with Crippen molar-refractivity contribution in [3.05, 3.63) is 55.2 Å². The third-order valence-corrected chi connectivity index (χ3v) is 8.05. The predicted octanol–water partition coefficient (Wildman–Crippen LogP) is 6.17. The van der Waals surface area contributed by atoms with Gasteiger partial charge in [-0.05, 0) is 64.1 Å². The molecule has 43 heavy (non-hydrogen) atoms. The number of imidazole rings is 1. The van der Waals surface area contributed by atoms with Crippen LogP contribution in [0.4, 0.5) is 16.2 Å². The number of carbonyl (C=O) groups excluding carboxylic acids is 2. The monoisotopic (exact) mass is 613 g/mol. The van der Waals surface area contributed by atoms with Crippen molar-refractivity contribution < 1.29 is 29.0 Å². The minimum atomic E-state index is -1.34. The number of hydrogen-bond donors (Lipinski definition) is 3.